The highest BCUT2D eigenvalue weighted by Gasteiger charge is 2.30. The molecule has 0 radical (unpaired) electrons. The molecule has 30 heavy (non-hydrogen) atoms. The fraction of sp³-hybridized carbons (Fsp3) is 0.238. The first kappa shape index (κ1) is 21.8. The second kappa shape index (κ2) is 9.73. The molecule has 2 aromatic carbocycles. The van der Waals surface area contributed by atoms with Gasteiger partial charge in [0.05, 0.1) is 16.4 Å². The van der Waals surface area contributed by atoms with Crippen LogP contribution in [-0.2, 0) is 11.4 Å². The first-order valence-electron chi connectivity index (χ1n) is 9.31. The van der Waals surface area contributed by atoms with E-state index in [0.29, 0.717) is 33.9 Å². The van der Waals surface area contributed by atoms with Crippen LogP contribution in [0.2, 0.25) is 0 Å². The van der Waals surface area contributed by atoms with Gasteiger partial charge in [0.25, 0.3) is 11.6 Å². The third-order valence-electron chi connectivity index (χ3n) is 4.30. The fourth-order valence-corrected chi connectivity index (χ4v) is 4.19. The van der Waals surface area contributed by atoms with Crippen LogP contribution in [0.4, 0.5) is 5.69 Å². The normalized spacial score (nSPS) is 15.0. The molecule has 1 aliphatic heterocycles. The quantitative estimate of drug-likeness (QED) is 0.250. The van der Waals surface area contributed by atoms with Gasteiger partial charge in [-0.15, -0.1) is 0 Å². The molecule has 1 fully saturated rings. The zero-order valence-corrected chi connectivity index (χ0v) is 18.1. The van der Waals surface area contributed by atoms with Crippen LogP contribution >= 0.6 is 24.0 Å². The van der Waals surface area contributed by atoms with Gasteiger partial charge in [-0.2, -0.15) is 0 Å². The monoisotopic (exact) mass is 444 g/mol. The van der Waals surface area contributed by atoms with Gasteiger partial charge in [0.1, 0.15) is 10.9 Å². The minimum absolute atomic E-state index is 0.0339. The lowest BCUT2D eigenvalue weighted by atomic mass is 10.1. The third kappa shape index (κ3) is 4.98. The molecular weight excluding hydrogens is 424 g/mol. The van der Waals surface area contributed by atoms with Crippen LogP contribution in [0.5, 0.6) is 11.5 Å². The van der Waals surface area contributed by atoms with E-state index in [9.17, 15) is 14.9 Å². The number of benzene rings is 2. The van der Waals surface area contributed by atoms with E-state index in [2.05, 4.69) is 0 Å². The Kier molecular flexibility index (Phi) is 7.07. The number of nitrogens with zero attached hydrogens (tertiary/aromatic N) is 2. The van der Waals surface area contributed by atoms with E-state index < -0.39 is 4.92 Å². The van der Waals surface area contributed by atoms with Crippen LogP contribution in [0, 0.1) is 10.1 Å². The number of rotatable bonds is 8. The summed E-state index contributed by atoms with van der Waals surface area (Å²) < 4.78 is 12.1. The van der Waals surface area contributed by atoms with Gasteiger partial charge in [-0.3, -0.25) is 19.8 Å². The number of hydrogen-bond donors (Lipinski definition) is 0. The number of ether oxygens (including phenoxy) is 2. The van der Waals surface area contributed by atoms with E-state index in [1.54, 1.807) is 29.2 Å². The molecule has 1 amide bonds. The first-order chi connectivity index (χ1) is 14.4. The largest absolute Gasteiger partial charge is 0.490 e. The summed E-state index contributed by atoms with van der Waals surface area (Å²) in [5, 5.41) is 10.8. The summed E-state index contributed by atoms with van der Waals surface area (Å²) in [7, 11) is 0. The molecule has 3 rings (SSSR count). The van der Waals surface area contributed by atoms with Gasteiger partial charge in [0.15, 0.2) is 11.5 Å². The number of carbonyl (C=O) groups is 1. The van der Waals surface area contributed by atoms with E-state index in [1.165, 1.54) is 23.9 Å². The lowest BCUT2D eigenvalue weighted by molar-refractivity contribution is -0.384. The van der Waals surface area contributed by atoms with Gasteiger partial charge in [-0.1, -0.05) is 30.0 Å². The second-order valence-electron chi connectivity index (χ2n) is 6.28. The average Bonchev–Trinajstić information content (AvgIpc) is 3.00. The summed E-state index contributed by atoms with van der Waals surface area (Å²) in [5.41, 5.74) is 1.64. The minimum Gasteiger partial charge on any atom is -0.490 e. The highest BCUT2D eigenvalue weighted by Crippen LogP contribution is 2.35. The van der Waals surface area contributed by atoms with Crippen LogP contribution in [-0.4, -0.2) is 33.2 Å². The average molecular weight is 445 g/mol. The van der Waals surface area contributed by atoms with Crippen molar-refractivity contribution in [3.63, 3.8) is 0 Å². The lowest BCUT2D eigenvalue weighted by Crippen LogP contribution is -2.27. The van der Waals surface area contributed by atoms with Crippen molar-refractivity contribution in [2.24, 2.45) is 0 Å². The van der Waals surface area contributed by atoms with Crippen LogP contribution in [0.25, 0.3) is 6.08 Å². The zero-order valence-electron chi connectivity index (χ0n) is 16.5. The number of likely N-dealkylation sites (N-methyl/N-ethyl adjacent to an activating group) is 1. The molecule has 0 N–H and O–H groups in total. The highest BCUT2D eigenvalue weighted by molar-refractivity contribution is 8.26. The van der Waals surface area contributed by atoms with Crippen LogP contribution < -0.4 is 9.47 Å². The zero-order chi connectivity index (χ0) is 21.7. The van der Waals surface area contributed by atoms with Crippen molar-refractivity contribution in [2.75, 3.05) is 13.2 Å². The number of carbonyl (C=O) groups excluding carboxylic acids is 1. The van der Waals surface area contributed by atoms with E-state index in [-0.39, 0.29) is 18.2 Å². The molecule has 9 heteroatoms. The molecule has 156 valence electrons. The maximum atomic E-state index is 12.4. The number of hydrogen-bond acceptors (Lipinski definition) is 7. The predicted molar refractivity (Wildman–Crippen MR) is 121 cm³/mol. The summed E-state index contributed by atoms with van der Waals surface area (Å²) in [4.78, 5) is 24.9. The summed E-state index contributed by atoms with van der Waals surface area (Å²) in [6, 6.07) is 11.6. The number of thioether (sulfide) groups is 1. The molecule has 1 saturated heterocycles. The standard InChI is InChI=1S/C21H20N2O5S2/c1-3-22-20(24)19(30-21(22)29)12-15-7-10-17(18(11-15)27-4-2)28-13-14-5-8-16(9-6-14)23(25)26/h5-12H,3-4,13H2,1-2H3/b19-12-. The van der Waals surface area contributed by atoms with Gasteiger partial charge in [-0.25, -0.2) is 0 Å². The molecule has 0 aromatic heterocycles. The molecule has 0 bridgehead atoms. The van der Waals surface area contributed by atoms with Crippen molar-refractivity contribution >= 4 is 46.0 Å². The molecule has 0 atom stereocenters. The van der Waals surface area contributed by atoms with E-state index in [4.69, 9.17) is 21.7 Å². The maximum Gasteiger partial charge on any atom is 0.269 e. The van der Waals surface area contributed by atoms with Crippen LogP contribution in [0.1, 0.15) is 25.0 Å². The van der Waals surface area contributed by atoms with E-state index >= 15 is 0 Å². The van der Waals surface area contributed by atoms with Crippen molar-refractivity contribution in [1.29, 1.82) is 0 Å². The van der Waals surface area contributed by atoms with Gasteiger partial charge in [-0.05, 0) is 55.3 Å². The molecule has 1 aliphatic rings. The molecule has 2 aromatic rings. The van der Waals surface area contributed by atoms with Gasteiger partial charge in [0, 0.05) is 18.7 Å². The van der Waals surface area contributed by atoms with Gasteiger partial charge >= 0.3 is 0 Å². The summed E-state index contributed by atoms with van der Waals surface area (Å²) >= 11 is 6.53. The fourth-order valence-electron chi connectivity index (χ4n) is 2.80. The summed E-state index contributed by atoms with van der Waals surface area (Å²) in [6.45, 7) is 5.00. The smallest absolute Gasteiger partial charge is 0.269 e. The van der Waals surface area contributed by atoms with Crippen LogP contribution in [0.3, 0.4) is 0 Å². The number of nitro benzene ring substituents is 1. The lowest BCUT2D eigenvalue weighted by Gasteiger charge is -2.13. The van der Waals surface area contributed by atoms with Gasteiger partial charge in [0.2, 0.25) is 0 Å². The topological polar surface area (TPSA) is 81.9 Å². The molecule has 1 heterocycles. The Labute approximate surface area is 183 Å². The van der Waals surface area contributed by atoms with Crippen molar-refractivity contribution in [1.82, 2.24) is 4.90 Å². The molecule has 0 unspecified atom stereocenters. The highest BCUT2D eigenvalue weighted by atomic mass is 32.2. The van der Waals surface area contributed by atoms with Gasteiger partial charge < -0.3 is 9.47 Å². The Hall–Kier alpha value is -2.91. The summed E-state index contributed by atoms with van der Waals surface area (Å²) in [5.74, 6) is 1.01. The predicted octanol–water partition coefficient (Wildman–Crippen LogP) is 4.79. The number of amides is 1. The van der Waals surface area contributed by atoms with Crippen molar-refractivity contribution in [3.05, 3.63) is 68.6 Å². The van der Waals surface area contributed by atoms with Crippen molar-refractivity contribution < 1.29 is 19.2 Å². The Bertz CT molecular complexity index is 1000. The number of nitro groups is 1. The number of thiocarbonyl (C=S) groups is 1. The molecule has 0 spiro atoms. The third-order valence-corrected chi connectivity index (χ3v) is 5.67. The molecule has 0 saturated carbocycles. The Morgan fingerprint density at radius 2 is 1.87 bits per heavy atom. The van der Waals surface area contributed by atoms with Crippen LogP contribution in [0.15, 0.2) is 47.4 Å². The SMILES string of the molecule is CCOc1cc(/C=C2\SC(=S)N(CC)C2=O)ccc1OCc1ccc([N+](=O)[O-])cc1. The Morgan fingerprint density at radius 1 is 1.13 bits per heavy atom. The van der Waals surface area contributed by atoms with Crippen molar-refractivity contribution in [2.45, 2.75) is 20.5 Å². The molecular formula is C21H20N2O5S2. The van der Waals surface area contributed by atoms with E-state index in [1.807, 2.05) is 26.0 Å². The molecule has 7 nitrogen and oxygen atoms in total. The van der Waals surface area contributed by atoms with Crippen molar-refractivity contribution in [3.8, 4) is 11.5 Å². The molecule has 0 aliphatic carbocycles. The maximum absolute atomic E-state index is 12.4. The Balaban J connectivity index is 1.76. The second-order valence-corrected chi connectivity index (χ2v) is 7.95. The first-order valence-corrected chi connectivity index (χ1v) is 10.5. The number of non-ortho nitro benzene ring substituents is 1. The van der Waals surface area contributed by atoms with E-state index in [0.717, 1.165) is 11.1 Å². The Morgan fingerprint density at radius 3 is 2.47 bits per heavy atom. The minimum atomic E-state index is -0.440. The summed E-state index contributed by atoms with van der Waals surface area (Å²) in [6.07, 6.45) is 1.79.